The minimum atomic E-state index is -0.632. The van der Waals surface area contributed by atoms with Crippen molar-refractivity contribution in [3.05, 3.63) is 23.3 Å². The highest BCUT2D eigenvalue weighted by Crippen LogP contribution is 2.34. The SMILES string of the molecule is NC(=O)c1ncc(N[C@@H]2CCCC[C@@H]2N)nc1Nc1snc2sccc12. The number of carbonyl (C=O) groups excluding carboxylic acids is 1. The highest BCUT2D eigenvalue weighted by Gasteiger charge is 2.23. The van der Waals surface area contributed by atoms with Gasteiger partial charge in [-0.15, -0.1) is 11.3 Å². The van der Waals surface area contributed by atoms with Crippen LogP contribution in [0.2, 0.25) is 0 Å². The zero-order chi connectivity index (χ0) is 18.1. The van der Waals surface area contributed by atoms with Crippen LogP contribution >= 0.6 is 22.9 Å². The molecule has 0 spiro atoms. The van der Waals surface area contributed by atoms with Gasteiger partial charge in [0.05, 0.1) is 6.20 Å². The van der Waals surface area contributed by atoms with Crippen molar-refractivity contribution in [3.63, 3.8) is 0 Å². The Labute approximate surface area is 158 Å². The number of nitrogens with two attached hydrogens (primary N) is 2. The number of nitrogens with zero attached hydrogens (tertiary/aromatic N) is 3. The van der Waals surface area contributed by atoms with Crippen LogP contribution in [0.25, 0.3) is 10.2 Å². The van der Waals surface area contributed by atoms with Gasteiger partial charge >= 0.3 is 0 Å². The zero-order valence-electron chi connectivity index (χ0n) is 13.9. The summed E-state index contributed by atoms with van der Waals surface area (Å²) in [6.07, 6.45) is 5.81. The van der Waals surface area contributed by atoms with Crippen molar-refractivity contribution in [2.75, 3.05) is 10.6 Å². The van der Waals surface area contributed by atoms with Crippen molar-refractivity contribution in [2.24, 2.45) is 11.5 Å². The third-order valence-electron chi connectivity index (χ3n) is 4.50. The summed E-state index contributed by atoms with van der Waals surface area (Å²) >= 11 is 2.88. The average molecular weight is 390 g/mol. The number of amides is 1. The minimum Gasteiger partial charge on any atom is -0.364 e. The summed E-state index contributed by atoms with van der Waals surface area (Å²) in [4.78, 5) is 21.4. The number of fused-ring (bicyclic) bond motifs is 1. The highest BCUT2D eigenvalue weighted by atomic mass is 32.1. The first kappa shape index (κ1) is 17.1. The van der Waals surface area contributed by atoms with Gasteiger partial charge in [0, 0.05) is 17.5 Å². The molecule has 8 nitrogen and oxygen atoms in total. The van der Waals surface area contributed by atoms with Gasteiger partial charge < -0.3 is 22.1 Å². The maximum absolute atomic E-state index is 11.7. The zero-order valence-corrected chi connectivity index (χ0v) is 15.6. The Bertz CT molecular complexity index is 938. The summed E-state index contributed by atoms with van der Waals surface area (Å²) in [5.41, 5.74) is 11.8. The fraction of sp³-hybridized carbons (Fsp3) is 0.375. The van der Waals surface area contributed by atoms with Crippen LogP contribution in [0.4, 0.5) is 16.6 Å². The predicted molar refractivity (Wildman–Crippen MR) is 105 cm³/mol. The van der Waals surface area contributed by atoms with E-state index in [0.717, 1.165) is 40.9 Å². The molecule has 6 N–H and O–H groups in total. The third-order valence-corrected chi connectivity index (χ3v) is 6.20. The summed E-state index contributed by atoms with van der Waals surface area (Å²) in [6, 6.07) is 2.22. The molecule has 2 atom stereocenters. The quantitative estimate of drug-likeness (QED) is 0.527. The van der Waals surface area contributed by atoms with Crippen LogP contribution in [0.15, 0.2) is 17.6 Å². The Hall–Kier alpha value is -2.30. The number of hydrogen-bond donors (Lipinski definition) is 4. The third kappa shape index (κ3) is 3.35. The van der Waals surface area contributed by atoms with Crippen molar-refractivity contribution in [1.82, 2.24) is 14.3 Å². The molecule has 3 heterocycles. The van der Waals surface area contributed by atoms with Crippen molar-refractivity contribution >= 4 is 55.6 Å². The molecule has 1 fully saturated rings. The molecule has 0 unspecified atom stereocenters. The second-order valence-electron chi connectivity index (χ2n) is 6.29. The summed E-state index contributed by atoms with van der Waals surface area (Å²) in [5, 5.41) is 10.3. The first-order valence-corrected chi connectivity index (χ1v) is 10.1. The van der Waals surface area contributed by atoms with E-state index in [2.05, 4.69) is 25.0 Å². The molecule has 3 aromatic rings. The van der Waals surface area contributed by atoms with Crippen LogP contribution < -0.4 is 22.1 Å². The van der Waals surface area contributed by atoms with Crippen LogP contribution in [-0.2, 0) is 0 Å². The van der Waals surface area contributed by atoms with Crippen LogP contribution in [0.1, 0.15) is 36.2 Å². The normalized spacial score (nSPS) is 20.2. The van der Waals surface area contributed by atoms with Gasteiger partial charge in [0.15, 0.2) is 11.5 Å². The van der Waals surface area contributed by atoms with Gasteiger partial charge in [-0.2, -0.15) is 4.37 Å². The van der Waals surface area contributed by atoms with Crippen LogP contribution in [0, 0.1) is 0 Å². The molecule has 0 bridgehead atoms. The van der Waals surface area contributed by atoms with E-state index in [1.807, 2.05) is 11.4 Å². The second-order valence-corrected chi connectivity index (χ2v) is 7.96. The summed E-state index contributed by atoms with van der Waals surface area (Å²) in [7, 11) is 0. The minimum absolute atomic E-state index is 0.0877. The highest BCUT2D eigenvalue weighted by molar-refractivity contribution is 7.21. The van der Waals surface area contributed by atoms with E-state index in [1.54, 1.807) is 11.3 Å². The van der Waals surface area contributed by atoms with E-state index < -0.39 is 5.91 Å². The summed E-state index contributed by atoms with van der Waals surface area (Å²) < 4.78 is 4.38. The lowest BCUT2D eigenvalue weighted by Gasteiger charge is -2.29. The molecule has 1 aliphatic carbocycles. The van der Waals surface area contributed by atoms with Gasteiger partial charge in [0.25, 0.3) is 5.91 Å². The lowest BCUT2D eigenvalue weighted by Crippen LogP contribution is -2.42. The number of thiophene rings is 1. The fourth-order valence-electron chi connectivity index (χ4n) is 3.13. The topological polar surface area (TPSA) is 132 Å². The predicted octanol–water partition coefficient (Wildman–Crippen LogP) is 2.67. The molecule has 1 amide bonds. The van der Waals surface area contributed by atoms with Gasteiger partial charge in [-0.3, -0.25) is 4.79 Å². The maximum atomic E-state index is 11.7. The Morgan fingerprint density at radius 1 is 1.31 bits per heavy atom. The first-order valence-electron chi connectivity index (χ1n) is 8.40. The Kier molecular flexibility index (Phi) is 4.70. The van der Waals surface area contributed by atoms with Crippen LogP contribution in [-0.4, -0.2) is 32.3 Å². The number of primary amides is 1. The smallest absolute Gasteiger partial charge is 0.271 e. The molecule has 136 valence electrons. The molecule has 4 rings (SSSR count). The second kappa shape index (κ2) is 7.14. The molecule has 0 aromatic carbocycles. The summed E-state index contributed by atoms with van der Waals surface area (Å²) in [5.74, 6) is 0.265. The number of anilines is 3. The fourth-order valence-corrected chi connectivity index (χ4v) is 4.79. The molecule has 3 aromatic heterocycles. The standard InChI is InChI=1S/C16H19N7OS2/c17-9-3-1-2-4-10(9)20-11-7-19-12(13(18)24)14(21-11)22-15-8-5-6-25-16(8)23-26-15/h5-7,9-10H,1-4,17H2,(H2,18,24)(H2,20,21,22)/t9-,10+/m0/s1. The lowest BCUT2D eigenvalue weighted by molar-refractivity contribution is 0.0996. The van der Waals surface area contributed by atoms with E-state index in [0.29, 0.717) is 11.6 Å². The van der Waals surface area contributed by atoms with E-state index in [1.165, 1.54) is 17.7 Å². The van der Waals surface area contributed by atoms with E-state index in [9.17, 15) is 4.79 Å². The number of rotatable bonds is 5. The number of carbonyl (C=O) groups is 1. The Balaban J connectivity index is 1.63. The van der Waals surface area contributed by atoms with Crippen LogP contribution in [0.5, 0.6) is 0 Å². The number of nitrogens with one attached hydrogen (secondary N) is 2. The average Bonchev–Trinajstić information content (AvgIpc) is 3.22. The maximum Gasteiger partial charge on any atom is 0.271 e. The van der Waals surface area contributed by atoms with Gasteiger partial charge in [-0.1, -0.05) is 12.8 Å². The van der Waals surface area contributed by atoms with Crippen molar-refractivity contribution in [1.29, 1.82) is 0 Å². The first-order chi connectivity index (χ1) is 12.6. The van der Waals surface area contributed by atoms with Gasteiger partial charge in [-0.05, 0) is 35.8 Å². The van der Waals surface area contributed by atoms with Gasteiger partial charge in [0.2, 0.25) is 0 Å². The van der Waals surface area contributed by atoms with Crippen molar-refractivity contribution in [3.8, 4) is 0 Å². The van der Waals surface area contributed by atoms with Crippen molar-refractivity contribution in [2.45, 2.75) is 37.8 Å². The molecule has 0 saturated heterocycles. The van der Waals surface area contributed by atoms with E-state index in [4.69, 9.17) is 11.5 Å². The van der Waals surface area contributed by atoms with E-state index >= 15 is 0 Å². The lowest BCUT2D eigenvalue weighted by atomic mass is 9.91. The molecule has 0 radical (unpaired) electrons. The van der Waals surface area contributed by atoms with Crippen LogP contribution in [0.3, 0.4) is 0 Å². The van der Waals surface area contributed by atoms with Gasteiger partial charge in [-0.25, -0.2) is 9.97 Å². The molecular weight excluding hydrogens is 370 g/mol. The number of aromatic nitrogens is 3. The molecule has 1 aliphatic rings. The summed E-state index contributed by atoms with van der Waals surface area (Å²) in [6.45, 7) is 0. The monoisotopic (exact) mass is 389 g/mol. The molecule has 10 heteroatoms. The molecule has 1 saturated carbocycles. The molecule has 26 heavy (non-hydrogen) atoms. The van der Waals surface area contributed by atoms with E-state index in [-0.39, 0.29) is 17.8 Å². The molecule has 0 aliphatic heterocycles. The van der Waals surface area contributed by atoms with Crippen molar-refractivity contribution < 1.29 is 4.79 Å². The largest absolute Gasteiger partial charge is 0.364 e. The number of hydrogen-bond acceptors (Lipinski definition) is 9. The molecular formula is C16H19N7OS2. The van der Waals surface area contributed by atoms with Gasteiger partial charge in [0.1, 0.15) is 15.6 Å². The Morgan fingerprint density at radius 3 is 2.96 bits per heavy atom. The Morgan fingerprint density at radius 2 is 2.15 bits per heavy atom.